The molecule has 3 aromatic rings. The fraction of sp³-hybridized carbons (Fsp3) is 0.150. The van der Waals surface area contributed by atoms with Gasteiger partial charge in [0.15, 0.2) is 5.78 Å². The Hall–Kier alpha value is -3.25. The lowest BCUT2D eigenvalue weighted by Crippen LogP contribution is -2.13. The molecule has 0 aliphatic carbocycles. The van der Waals surface area contributed by atoms with Crippen molar-refractivity contribution in [3.8, 4) is 16.9 Å². The molecule has 0 bridgehead atoms. The number of carbonyl (C=O) groups is 2. The van der Waals surface area contributed by atoms with Crippen LogP contribution in [0.4, 0.5) is 0 Å². The first-order chi connectivity index (χ1) is 12.6. The van der Waals surface area contributed by atoms with E-state index in [9.17, 15) is 9.59 Å². The van der Waals surface area contributed by atoms with Gasteiger partial charge in [0.2, 0.25) is 0 Å². The number of ether oxygens (including phenoxy) is 1. The number of aromatic nitrogens is 2. The van der Waals surface area contributed by atoms with E-state index < -0.39 is 5.97 Å². The molecule has 0 aliphatic rings. The Morgan fingerprint density at radius 2 is 1.77 bits per heavy atom. The molecular formula is C20H19N3O3. The first-order valence-electron chi connectivity index (χ1n) is 8.30. The molecule has 1 heterocycles. The molecular weight excluding hydrogens is 330 g/mol. The van der Waals surface area contributed by atoms with E-state index in [1.54, 1.807) is 42.1 Å². The second kappa shape index (κ2) is 7.76. The number of nitrogens with zero attached hydrogens (tertiary/aromatic N) is 2. The molecule has 2 N–H and O–H groups in total. The van der Waals surface area contributed by atoms with E-state index in [1.807, 2.05) is 30.3 Å². The maximum Gasteiger partial charge on any atom is 0.342 e. The summed E-state index contributed by atoms with van der Waals surface area (Å²) in [5.74, 6) is -0.554. The van der Waals surface area contributed by atoms with Crippen molar-refractivity contribution in [3.05, 3.63) is 71.9 Å². The predicted molar refractivity (Wildman–Crippen MR) is 98.3 cm³/mol. The zero-order chi connectivity index (χ0) is 18.5. The molecule has 26 heavy (non-hydrogen) atoms. The molecule has 0 unspecified atom stereocenters. The number of hydrogen-bond donors (Lipinski definition) is 1. The van der Waals surface area contributed by atoms with Gasteiger partial charge in [0.05, 0.1) is 18.8 Å². The summed E-state index contributed by atoms with van der Waals surface area (Å²) >= 11 is 0. The van der Waals surface area contributed by atoms with Crippen LogP contribution in [0.25, 0.3) is 16.9 Å². The lowest BCUT2D eigenvalue weighted by molar-refractivity contribution is 0.0527. The van der Waals surface area contributed by atoms with Gasteiger partial charge in [-0.1, -0.05) is 30.3 Å². The van der Waals surface area contributed by atoms with Crippen LogP contribution in [0.15, 0.2) is 60.8 Å². The molecule has 0 atom stereocenters. The van der Waals surface area contributed by atoms with Gasteiger partial charge in [-0.2, -0.15) is 5.10 Å². The van der Waals surface area contributed by atoms with Crippen LogP contribution in [0.2, 0.25) is 0 Å². The molecule has 0 fully saturated rings. The molecule has 1 aromatic heterocycles. The van der Waals surface area contributed by atoms with Gasteiger partial charge in [-0.3, -0.25) is 4.79 Å². The largest absolute Gasteiger partial charge is 0.462 e. The van der Waals surface area contributed by atoms with Crippen molar-refractivity contribution in [3.63, 3.8) is 0 Å². The van der Waals surface area contributed by atoms with Gasteiger partial charge < -0.3 is 10.5 Å². The van der Waals surface area contributed by atoms with E-state index in [1.165, 1.54) is 0 Å². The highest BCUT2D eigenvalue weighted by molar-refractivity contribution is 5.98. The lowest BCUT2D eigenvalue weighted by Gasteiger charge is -2.03. The Kier molecular flexibility index (Phi) is 5.24. The summed E-state index contributed by atoms with van der Waals surface area (Å²) in [5, 5.41) is 4.55. The molecule has 6 nitrogen and oxygen atoms in total. The minimum atomic E-state index is -0.424. The molecule has 0 radical (unpaired) electrons. The van der Waals surface area contributed by atoms with E-state index in [0.29, 0.717) is 16.8 Å². The third-order valence-corrected chi connectivity index (χ3v) is 3.90. The summed E-state index contributed by atoms with van der Waals surface area (Å²) in [4.78, 5) is 24.0. The van der Waals surface area contributed by atoms with Gasteiger partial charge in [0, 0.05) is 17.3 Å². The summed E-state index contributed by atoms with van der Waals surface area (Å²) in [7, 11) is 0. The fourth-order valence-electron chi connectivity index (χ4n) is 2.59. The second-order valence-electron chi connectivity index (χ2n) is 5.60. The first kappa shape index (κ1) is 17.6. The van der Waals surface area contributed by atoms with Gasteiger partial charge in [-0.25, -0.2) is 9.48 Å². The Morgan fingerprint density at radius 3 is 2.38 bits per heavy atom. The Balaban J connectivity index is 2.03. The smallest absolute Gasteiger partial charge is 0.342 e. The summed E-state index contributed by atoms with van der Waals surface area (Å²) in [6, 6.07) is 16.4. The number of carbonyl (C=O) groups excluding carboxylic acids is 2. The zero-order valence-corrected chi connectivity index (χ0v) is 14.4. The van der Waals surface area contributed by atoms with Crippen molar-refractivity contribution in [1.29, 1.82) is 0 Å². The number of esters is 1. The van der Waals surface area contributed by atoms with E-state index in [2.05, 4.69) is 5.10 Å². The maximum atomic E-state index is 12.3. The van der Waals surface area contributed by atoms with Crippen LogP contribution < -0.4 is 5.73 Å². The van der Waals surface area contributed by atoms with Gasteiger partial charge in [-0.05, 0) is 31.2 Å². The van der Waals surface area contributed by atoms with E-state index >= 15 is 0 Å². The molecule has 0 aliphatic heterocycles. The highest BCUT2D eigenvalue weighted by atomic mass is 16.5. The Morgan fingerprint density at radius 1 is 1.08 bits per heavy atom. The minimum Gasteiger partial charge on any atom is -0.462 e. The van der Waals surface area contributed by atoms with E-state index in [0.717, 1.165) is 11.3 Å². The van der Waals surface area contributed by atoms with Crippen LogP contribution in [-0.2, 0) is 4.74 Å². The summed E-state index contributed by atoms with van der Waals surface area (Å²) < 4.78 is 6.76. The number of rotatable bonds is 6. The third kappa shape index (κ3) is 3.55. The van der Waals surface area contributed by atoms with Crippen LogP contribution in [0.1, 0.15) is 27.6 Å². The highest BCUT2D eigenvalue weighted by Crippen LogP contribution is 2.24. The predicted octanol–water partition coefficient (Wildman–Crippen LogP) is 2.86. The Labute approximate surface area is 151 Å². The Bertz CT molecular complexity index is 915. The topological polar surface area (TPSA) is 87.2 Å². The van der Waals surface area contributed by atoms with Crippen LogP contribution in [-0.4, -0.2) is 34.7 Å². The average Bonchev–Trinajstić information content (AvgIpc) is 3.14. The molecule has 6 heteroatoms. The van der Waals surface area contributed by atoms with Crippen molar-refractivity contribution in [2.45, 2.75) is 6.92 Å². The standard InChI is InChI=1S/C20H19N3O3/c1-2-26-20(25)17-13-23(22-19(17)15-6-4-3-5-7-15)16-10-8-14(9-11-16)18(24)12-21/h3-11,13H,2,12,21H2,1H3. The van der Waals surface area contributed by atoms with Crippen molar-refractivity contribution < 1.29 is 14.3 Å². The van der Waals surface area contributed by atoms with Crippen molar-refractivity contribution >= 4 is 11.8 Å². The second-order valence-corrected chi connectivity index (χ2v) is 5.60. The van der Waals surface area contributed by atoms with Crippen LogP contribution in [0, 0.1) is 0 Å². The van der Waals surface area contributed by atoms with Gasteiger partial charge in [0.25, 0.3) is 0 Å². The fourth-order valence-corrected chi connectivity index (χ4v) is 2.59. The molecule has 132 valence electrons. The van der Waals surface area contributed by atoms with Gasteiger partial charge in [0.1, 0.15) is 11.3 Å². The average molecular weight is 349 g/mol. The number of nitrogens with two attached hydrogens (primary N) is 1. The van der Waals surface area contributed by atoms with Gasteiger partial charge in [-0.15, -0.1) is 0 Å². The summed E-state index contributed by atoms with van der Waals surface area (Å²) in [5.41, 5.74) is 8.41. The number of ketones is 1. The lowest BCUT2D eigenvalue weighted by atomic mass is 10.1. The molecule has 3 rings (SSSR count). The SMILES string of the molecule is CCOC(=O)c1cn(-c2ccc(C(=O)CN)cc2)nc1-c1ccccc1. The van der Waals surface area contributed by atoms with Gasteiger partial charge >= 0.3 is 5.97 Å². The molecule has 0 amide bonds. The van der Waals surface area contributed by atoms with Crippen molar-refractivity contribution in [2.75, 3.05) is 13.2 Å². The maximum absolute atomic E-state index is 12.3. The normalized spacial score (nSPS) is 10.5. The third-order valence-electron chi connectivity index (χ3n) is 3.90. The molecule has 0 saturated heterocycles. The molecule has 0 spiro atoms. The quantitative estimate of drug-likeness (QED) is 0.546. The van der Waals surface area contributed by atoms with Crippen LogP contribution >= 0.6 is 0 Å². The summed E-state index contributed by atoms with van der Waals surface area (Å²) in [6.45, 7) is 2.01. The van der Waals surface area contributed by atoms with E-state index in [-0.39, 0.29) is 18.9 Å². The van der Waals surface area contributed by atoms with Crippen LogP contribution in [0.3, 0.4) is 0 Å². The zero-order valence-electron chi connectivity index (χ0n) is 14.4. The monoisotopic (exact) mass is 349 g/mol. The van der Waals surface area contributed by atoms with E-state index in [4.69, 9.17) is 10.5 Å². The van der Waals surface area contributed by atoms with Crippen molar-refractivity contribution in [1.82, 2.24) is 9.78 Å². The first-order valence-corrected chi connectivity index (χ1v) is 8.30. The number of benzene rings is 2. The number of Topliss-reactive ketones (excluding diaryl/α,β-unsaturated/α-hetero) is 1. The molecule has 2 aromatic carbocycles. The minimum absolute atomic E-state index is 0.0354. The van der Waals surface area contributed by atoms with Crippen LogP contribution in [0.5, 0.6) is 0 Å². The summed E-state index contributed by atoms with van der Waals surface area (Å²) in [6.07, 6.45) is 1.64. The highest BCUT2D eigenvalue weighted by Gasteiger charge is 2.19. The molecule has 0 saturated carbocycles. The number of hydrogen-bond acceptors (Lipinski definition) is 5. The van der Waals surface area contributed by atoms with Crippen molar-refractivity contribution in [2.24, 2.45) is 5.73 Å².